The molecule has 0 aliphatic heterocycles. The van der Waals surface area contributed by atoms with Crippen LogP contribution in [0.2, 0.25) is 0 Å². The van der Waals surface area contributed by atoms with E-state index in [2.05, 4.69) is 24.4 Å². The monoisotopic (exact) mass is 467 g/mol. The third-order valence-corrected chi connectivity index (χ3v) is 7.17. The lowest BCUT2D eigenvalue weighted by molar-refractivity contribution is -0.928. The van der Waals surface area contributed by atoms with Crippen LogP contribution in [0.4, 0.5) is 0 Å². The van der Waals surface area contributed by atoms with Crippen LogP contribution in [0.15, 0.2) is 12.2 Å². The lowest BCUT2D eigenvalue weighted by atomic mass is 10.00. The quantitative estimate of drug-likeness (QED) is 0.104. The van der Waals surface area contributed by atoms with Crippen molar-refractivity contribution in [3.8, 4) is 0 Å². The van der Waals surface area contributed by atoms with E-state index in [0.29, 0.717) is 17.4 Å². The predicted octanol–water partition coefficient (Wildman–Crippen LogP) is 6.86. The Bertz CT molecular complexity index is 541. The number of hydrogen-bond acceptors (Lipinski definition) is 2. The molecule has 33 heavy (non-hydrogen) atoms. The van der Waals surface area contributed by atoms with Gasteiger partial charge in [0, 0.05) is 26.8 Å². The Balaban J connectivity index is 3.53. The second-order valence-electron chi connectivity index (χ2n) is 10.7. The van der Waals surface area contributed by atoms with E-state index in [4.69, 9.17) is 0 Å². The molecule has 0 fully saturated rings. The Morgan fingerprint density at radius 2 is 1.30 bits per heavy atom. The number of carbonyl (C=O) groups is 2. The highest BCUT2D eigenvalue weighted by Gasteiger charge is 2.43. The molecule has 1 amide bonds. The zero-order valence-corrected chi connectivity index (χ0v) is 22.6. The van der Waals surface area contributed by atoms with Gasteiger partial charge in [-0.1, -0.05) is 70.4 Å². The normalized spacial score (nSPS) is 12.4. The summed E-state index contributed by atoms with van der Waals surface area (Å²) in [6, 6.07) is 0. The number of rotatable bonds is 22. The number of hydrogen-bond donors (Lipinski definition) is 2. The summed E-state index contributed by atoms with van der Waals surface area (Å²) in [5.41, 5.74) is -0.812. The van der Waals surface area contributed by atoms with Crippen LogP contribution in [0, 0.1) is 0 Å². The third kappa shape index (κ3) is 16.0. The largest absolute Gasteiger partial charge is 0.477 e. The van der Waals surface area contributed by atoms with Gasteiger partial charge in [0.1, 0.15) is 0 Å². The Kier molecular flexibility index (Phi) is 18.2. The highest BCUT2D eigenvalue weighted by atomic mass is 16.4. The zero-order valence-electron chi connectivity index (χ0n) is 22.6. The molecule has 5 nitrogen and oxygen atoms in total. The van der Waals surface area contributed by atoms with Gasteiger partial charge in [-0.05, 0) is 44.9 Å². The first-order valence-corrected chi connectivity index (χ1v) is 13.6. The van der Waals surface area contributed by atoms with Crippen LogP contribution < -0.4 is 5.32 Å². The smallest absolute Gasteiger partial charge is 0.365 e. The minimum absolute atomic E-state index is 0.146. The summed E-state index contributed by atoms with van der Waals surface area (Å²) in [6.45, 7) is 7.26. The first-order chi connectivity index (χ1) is 15.6. The van der Waals surface area contributed by atoms with Gasteiger partial charge in [0.25, 0.3) is 0 Å². The standard InChI is InChI=1S/C28H54N2O3/c1-6-7-8-9-10-11-12-13-14-15-16-17-18-19-20-23-26(31)29-24-21-22-25-30(4,5)28(2,3)27(32)33/h13-14H,6-12,15-25H2,1-5H3,(H-,29,31,32,33)/p+1/b14-13-. The number of carboxylic acids is 1. The molecule has 0 spiro atoms. The number of nitrogens with zero attached hydrogens (tertiary/aromatic N) is 1. The minimum atomic E-state index is -0.812. The van der Waals surface area contributed by atoms with Crippen LogP contribution in [-0.2, 0) is 9.59 Å². The summed E-state index contributed by atoms with van der Waals surface area (Å²) in [5, 5.41) is 12.4. The van der Waals surface area contributed by atoms with Gasteiger partial charge in [0.05, 0.1) is 20.6 Å². The van der Waals surface area contributed by atoms with Gasteiger partial charge >= 0.3 is 5.97 Å². The van der Waals surface area contributed by atoms with Crippen molar-refractivity contribution in [3.05, 3.63) is 12.2 Å². The molecule has 0 aromatic heterocycles. The highest BCUT2D eigenvalue weighted by molar-refractivity contribution is 5.76. The van der Waals surface area contributed by atoms with Gasteiger partial charge < -0.3 is 14.9 Å². The van der Waals surface area contributed by atoms with Crippen molar-refractivity contribution in [1.29, 1.82) is 0 Å². The highest BCUT2D eigenvalue weighted by Crippen LogP contribution is 2.21. The summed E-state index contributed by atoms with van der Waals surface area (Å²) < 4.78 is 0.436. The average Bonchev–Trinajstić information content (AvgIpc) is 2.75. The van der Waals surface area contributed by atoms with Crippen LogP contribution in [-0.4, -0.2) is 54.2 Å². The zero-order chi connectivity index (χ0) is 25.0. The molecule has 0 bridgehead atoms. The Labute approximate surface area is 205 Å². The third-order valence-electron chi connectivity index (χ3n) is 7.17. The van der Waals surface area contributed by atoms with Crippen LogP contribution in [0.1, 0.15) is 124 Å². The van der Waals surface area contributed by atoms with Crippen molar-refractivity contribution in [3.63, 3.8) is 0 Å². The number of quaternary nitrogens is 1. The first-order valence-electron chi connectivity index (χ1n) is 13.6. The van der Waals surface area contributed by atoms with Gasteiger partial charge in [0.15, 0.2) is 5.54 Å². The van der Waals surface area contributed by atoms with Gasteiger partial charge in [-0.15, -0.1) is 0 Å². The molecule has 0 rings (SSSR count). The van der Waals surface area contributed by atoms with E-state index in [-0.39, 0.29) is 5.91 Å². The topological polar surface area (TPSA) is 66.4 Å². The molecular weight excluding hydrogens is 412 g/mol. The van der Waals surface area contributed by atoms with E-state index < -0.39 is 11.5 Å². The summed E-state index contributed by atoms with van der Waals surface area (Å²) in [6.07, 6.45) is 23.6. The maximum absolute atomic E-state index is 12.0. The second-order valence-corrected chi connectivity index (χ2v) is 10.7. The number of aliphatic carboxylic acids is 1. The second kappa shape index (κ2) is 19.0. The average molecular weight is 468 g/mol. The molecule has 0 heterocycles. The minimum Gasteiger partial charge on any atom is -0.477 e. The van der Waals surface area contributed by atoms with Crippen LogP contribution in [0.3, 0.4) is 0 Å². The van der Waals surface area contributed by atoms with Crippen LogP contribution in [0.5, 0.6) is 0 Å². The summed E-state index contributed by atoms with van der Waals surface area (Å²) in [4.78, 5) is 23.4. The number of likely N-dealkylation sites (N-methyl/N-ethyl adjacent to an activating group) is 1. The predicted molar refractivity (Wildman–Crippen MR) is 140 cm³/mol. The fourth-order valence-corrected chi connectivity index (χ4v) is 3.84. The van der Waals surface area contributed by atoms with E-state index in [1.807, 2.05) is 14.1 Å². The maximum atomic E-state index is 12.0. The van der Waals surface area contributed by atoms with E-state index >= 15 is 0 Å². The fourth-order valence-electron chi connectivity index (χ4n) is 3.84. The van der Waals surface area contributed by atoms with Crippen molar-refractivity contribution in [2.24, 2.45) is 0 Å². The molecule has 5 heteroatoms. The Morgan fingerprint density at radius 3 is 1.85 bits per heavy atom. The summed E-state index contributed by atoms with van der Waals surface area (Å²) >= 11 is 0. The van der Waals surface area contributed by atoms with Gasteiger partial charge in [-0.2, -0.15) is 0 Å². The Hall–Kier alpha value is -1.36. The van der Waals surface area contributed by atoms with Crippen LogP contribution >= 0.6 is 0 Å². The number of unbranched alkanes of at least 4 members (excludes halogenated alkanes) is 12. The van der Waals surface area contributed by atoms with Crippen molar-refractivity contribution in [2.45, 2.75) is 129 Å². The molecule has 2 N–H and O–H groups in total. The number of allylic oxidation sites excluding steroid dienone is 2. The number of nitrogens with one attached hydrogen (secondary N) is 1. The van der Waals surface area contributed by atoms with Crippen molar-refractivity contribution < 1.29 is 19.2 Å². The summed E-state index contributed by atoms with van der Waals surface area (Å²) in [5.74, 6) is -0.631. The molecule has 0 radical (unpaired) electrons. The molecule has 0 unspecified atom stereocenters. The van der Waals surface area contributed by atoms with Gasteiger partial charge in [0.2, 0.25) is 5.91 Å². The van der Waals surface area contributed by atoms with Crippen LogP contribution in [0.25, 0.3) is 0 Å². The van der Waals surface area contributed by atoms with Gasteiger partial charge in [-0.25, -0.2) is 4.79 Å². The molecule has 0 saturated heterocycles. The van der Waals surface area contributed by atoms with E-state index in [9.17, 15) is 14.7 Å². The van der Waals surface area contributed by atoms with E-state index in [0.717, 1.165) is 32.2 Å². The lowest BCUT2D eigenvalue weighted by Gasteiger charge is -2.41. The maximum Gasteiger partial charge on any atom is 0.365 e. The molecule has 0 saturated carbocycles. The first kappa shape index (κ1) is 31.6. The Morgan fingerprint density at radius 1 is 0.788 bits per heavy atom. The molecule has 194 valence electrons. The molecule has 0 atom stereocenters. The van der Waals surface area contributed by atoms with Crippen molar-refractivity contribution in [1.82, 2.24) is 5.32 Å². The molecule has 0 aliphatic rings. The molecule has 0 aromatic carbocycles. The van der Waals surface area contributed by atoms with E-state index in [1.54, 1.807) is 13.8 Å². The van der Waals surface area contributed by atoms with Crippen molar-refractivity contribution >= 4 is 11.9 Å². The summed E-state index contributed by atoms with van der Waals surface area (Å²) in [7, 11) is 3.92. The number of carboxylic acid groups (broad SMARTS) is 1. The molecule has 0 aliphatic carbocycles. The number of amides is 1. The van der Waals surface area contributed by atoms with Crippen molar-refractivity contribution in [2.75, 3.05) is 27.2 Å². The lowest BCUT2D eigenvalue weighted by Crippen LogP contribution is -2.60. The van der Waals surface area contributed by atoms with E-state index in [1.165, 1.54) is 70.6 Å². The number of carbonyl (C=O) groups excluding carboxylic acids is 1. The SMILES string of the molecule is CCCCCCCC/C=C\CCCCCCCC(=O)NCCCC[N+](C)(C)C(C)(C)C(=O)O. The fraction of sp³-hybridized carbons (Fsp3) is 0.857. The molecule has 0 aromatic rings. The molecular formula is C28H55N2O3+. The van der Waals surface area contributed by atoms with Gasteiger partial charge in [-0.3, -0.25) is 4.79 Å².